The van der Waals surface area contributed by atoms with E-state index in [1.165, 1.54) is 87.6 Å². The molecule has 8 aromatic carbocycles. The first-order valence-electron chi connectivity index (χ1n) is 16.2. The highest BCUT2D eigenvalue weighted by Gasteiger charge is 2.19. The van der Waals surface area contributed by atoms with E-state index in [-0.39, 0.29) is 0 Å². The summed E-state index contributed by atoms with van der Waals surface area (Å²) < 4.78 is 0. The Hall–Kier alpha value is -6.05. The zero-order valence-electron chi connectivity index (χ0n) is 26.1. The molecule has 47 heavy (non-hydrogen) atoms. The lowest BCUT2D eigenvalue weighted by molar-refractivity contribution is 1.33. The van der Waals surface area contributed by atoms with E-state index in [1.54, 1.807) is 0 Å². The van der Waals surface area contributed by atoms with Crippen molar-refractivity contribution in [3.8, 4) is 44.5 Å². The number of aryl methyl sites for hydroxylation is 1. The molecule has 220 valence electrons. The third-order valence-electron chi connectivity index (χ3n) is 9.60. The zero-order valence-corrected chi connectivity index (χ0v) is 26.1. The highest BCUT2D eigenvalue weighted by atomic mass is 14.6. The van der Waals surface area contributed by atoms with E-state index in [9.17, 15) is 0 Å². The molecular weight excluding hydrogens is 567 g/mol. The molecule has 0 aliphatic heterocycles. The van der Waals surface area contributed by atoms with Crippen LogP contribution < -0.4 is 0 Å². The monoisotopic (exact) mass is 597 g/mol. The second-order valence-electron chi connectivity index (χ2n) is 12.4. The standard InChI is InChI=1S/C46H31N/c1-30-16-17-34-28-35(23-22-33(34)27-30)45-40-12-4-6-14-42(40)46(43-15-7-5-13-41(43)45)44-25-24-37(38-10-2-3-11-39(38)44)32-20-18-31(19-21-32)36-9-8-26-47-29-36/h2-29H,1H3. The van der Waals surface area contributed by atoms with Crippen molar-refractivity contribution in [3.05, 3.63) is 176 Å². The lowest BCUT2D eigenvalue weighted by Crippen LogP contribution is -1.92. The highest BCUT2D eigenvalue weighted by molar-refractivity contribution is 6.24. The number of fused-ring (bicyclic) bond motifs is 4. The molecule has 1 nitrogen and oxygen atoms in total. The largest absolute Gasteiger partial charge is 0.264 e. The lowest BCUT2D eigenvalue weighted by Gasteiger charge is -2.20. The van der Waals surface area contributed by atoms with Crippen LogP contribution in [0.3, 0.4) is 0 Å². The van der Waals surface area contributed by atoms with Crippen LogP contribution in [0.1, 0.15) is 5.56 Å². The van der Waals surface area contributed by atoms with Gasteiger partial charge < -0.3 is 0 Å². The number of hydrogen-bond donors (Lipinski definition) is 0. The highest BCUT2D eigenvalue weighted by Crippen LogP contribution is 2.46. The summed E-state index contributed by atoms with van der Waals surface area (Å²) in [5.74, 6) is 0. The van der Waals surface area contributed by atoms with Gasteiger partial charge in [-0.1, -0.05) is 151 Å². The Labute approximate surface area is 274 Å². The summed E-state index contributed by atoms with van der Waals surface area (Å²) in [5.41, 5.74) is 11.1. The predicted octanol–water partition coefficient (Wildman–Crippen LogP) is 12.7. The molecule has 1 aromatic heterocycles. The number of pyridine rings is 1. The Kier molecular flexibility index (Phi) is 6.43. The SMILES string of the molecule is Cc1ccc2cc(-c3c4ccccc4c(-c4ccc(-c5ccc(-c6cccnc6)cc5)c5ccccc45)c4ccccc34)ccc2c1. The van der Waals surface area contributed by atoms with Gasteiger partial charge in [0.25, 0.3) is 0 Å². The van der Waals surface area contributed by atoms with Gasteiger partial charge in [-0.2, -0.15) is 0 Å². The van der Waals surface area contributed by atoms with Gasteiger partial charge in [0.2, 0.25) is 0 Å². The van der Waals surface area contributed by atoms with E-state index in [0.717, 1.165) is 5.56 Å². The molecule has 0 N–H and O–H groups in total. The van der Waals surface area contributed by atoms with Crippen LogP contribution in [0.5, 0.6) is 0 Å². The average Bonchev–Trinajstić information content (AvgIpc) is 3.14. The van der Waals surface area contributed by atoms with Gasteiger partial charge in [-0.25, -0.2) is 0 Å². The normalized spacial score (nSPS) is 11.5. The minimum atomic E-state index is 1.13. The third kappa shape index (κ3) is 4.59. The van der Waals surface area contributed by atoms with Crippen LogP contribution in [0.25, 0.3) is 87.6 Å². The van der Waals surface area contributed by atoms with Crippen molar-refractivity contribution in [3.63, 3.8) is 0 Å². The second kappa shape index (κ2) is 11.1. The number of nitrogens with zero attached hydrogens (tertiary/aromatic N) is 1. The maximum Gasteiger partial charge on any atom is 0.0346 e. The second-order valence-corrected chi connectivity index (χ2v) is 12.4. The molecule has 0 aliphatic carbocycles. The number of rotatable bonds is 4. The molecule has 0 radical (unpaired) electrons. The van der Waals surface area contributed by atoms with E-state index in [2.05, 4.69) is 164 Å². The zero-order chi connectivity index (χ0) is 31.3. The Bertz CT molecular complexity index is 2560. The fraction of sp³-hybridized carbons (Fsp3) is 0.0217. The van der Waals surface area contributed by atoms with Crippen LogP contribution in [0, 0.1) is 6.92 Å². The maximum absolute atomic E-state index is 4.30. The fourth-order valence-electron chi connectivity index (χ4n) is 7.39. The van der Waals surface area contributed by atoms with Crippen molar-refractivity contribution in [1.29, 1.82) is 0 Å². The predicted molar refractivity (Wildman–Crippen MR) is 201 cm³/mol. The smallest absolute Gasteiger partial charge is 0.0346 e. The minimum absolute atomic E-state index is 1.13. The summed E-state index contributed by atoms with van der Waals surface area (Å²) in [6.45, 7) is 2.16. The molecular formula is C46H31N. The molecule has 0 spiro atoms. The van der Waals surface area contributed by atoms with E-state index >= 15 is 0 Å². The molecule has 0 bridgehead atoms. The Balaban J connectivity index is 1.27. The quantitative estimate of drug-likeness (QED) is 0.184. The molecule has 0 aliphatic rings. The topological polar surface area (TPSA) is 12.9 Å². The molecule has 9 rings (SSSR count). The molecule has 0 atom stereocenters. The van der Waals surface area contributed by atoms with E-state index < -0.39 is 0 Å². The summed E-state index contributed by atoms with van der Waals surface area (Å²) in [5, 5.41) is 10.1. The van der Waals surface area contributed by atoms with E-state index in [1.807, 2.05) is 18.5 Å². The Morgan fingerprint density at radius 1 is 0.362 bits per heavy atom. The molecule has 0 fully saturated rings. The maximum atomic E-state index is 4.30. The summed E-state index contributed by atoms with van der Waals surface area (Å²) in [4.78, 5) is 4.30. The summed E-state index contributed by atoms with van der Waals surface area (Å²) in [6.07, 6.45) is 3.73. The van der Waals surface area contributed by atoms with Crippen molar-refractivity contribution < 1.29 is 0 Å². The first kappa shape index (κ1) is 27.3. The Morgan fingerprint density at radius 3 is 1.55 bits per heavy atom. The first-order valence-corrected chi connectivity index (χ1v) is 16.2. The number of aromatic nitrogens is 1. The molecule has 0 saturated carbocycles. The van der Waals surface area contributed by atoms with Crippen LogP contribution in [0.15, 0.2) is 170 Å². The average molecular weight is 598 g/mol. The van der Waals surface area contributed by atoms with E-state index in [4.69, 9.17) is 0 Å². The van der Waals surface area contributed by atoms with Crippen LogP contribution in [0.2, 0.25) is 0 Å². The first-order chi connectivity index (χ1) is 23.2. The summed E-state index contributed by atoms with van der Waals surface area (Å²) in [6, 6.07) is 57.9. The van der Waals surface area contributed by atoms with Gasteiger partial charge in [-0.05, 0) is 107 Å². The van der Waals surface area contributed by atoms with Crippen LogP contribution in [-0.4, -0.2) is 4.98 Å². The van der Waals surface area contributed by atoms with Gasteiger partial charge in [0, 0.05) is 12.4 Å². The van der Waals surface area contributed by atoms with Gasteiger partial charge in [0.1, 0.15) is 0 Å². The Morgan fingerprint density at radius 2 is 0.894 bits per heavy atom. The van der Waals surface area contributed by atoms with Crippen molar-refractivity contribution >= 4 is 43.1 Å². The minimum Gasteiger partial charge on any atom is -0.264 e. The van der Waals surface area contributed by atoms with E-state index in [0.29, 0.717) is 0 Å². The van der Waals surface area contributed by atoms with Crippen LogP contribution >= 0.6 is 0 Å². The summed E-state index contributed by atoms with van der Waals surface area (Å²) in [7, 11) is 0. The van der Waals surface area contributed by atoms with Gasteiger partial charge in [0.15, 0.2) is 0 Å². The molecule has 9 aromatic rings. The van der Waals surface area contributed by atoms with Gasteiger partial charge >= 0.3 is 0 Å². The number of benzene rings is 8. The van der Waals surface area contributed by atoms with Crippen molar-refractivity contribution in [2.45, 2.75) is 6.92 Å². The number of hydrogen-bond acceptors (Lipinski definition) is 1. The summed E-state index contributed by atoms with van der Waals surface area (Å²) >= 11 is 0. The lowest BCUT2D eigenvalue weighted by atomic mass is 9.83. The third-order valence-corrected chi connectivity index (χ3v) is 9.60. The van der Waals surface area contributed by atoms with Crippen molar-refractivity contribution in [1.82, 2.24) is 4.98 Å². The fourth-order valence-corrected chi connectivity index (χ4v) is 7.39. The molecule has 0 saturated heterocycles. The van der Waals surface area contributed by atoms with Crippen LogP contribution in [-0.2, 0) is 0 Å². The molecule has 1 heterocycles. The molecule has 0 unspecified atom stereocenters. The van der Waals surface area contributed by atoms with Gasteiger partial charge in [0.05, 0.1) is 0 Å². The van der Waals surface area contributed by atoms with Crippen LogP contribution in [0.4, 0.5) is 0 Å². The molecule has 0 amide bonds. The van der Waals surface area contributed by atoms with Gasteiger partial charge in [-0.15, -0.1) is 0 Å². The van der Waals surface area contributed by atoms with Crippen molar-refractivity contribution in [2.24, 2.45) is 0 Å². The van der Waals surface area contributed by atoms with Gasteiger partial charge in [-0.3, -0.25) is 4.98 Å². The molecule has 1 heteroatoms. The van der Waals surface area contributed by atoms with Crippen molar-refractivity contribution in [2.75, 3.05) is 0 Å².